The van der Waals surface area contributed by atoms with Gasteiger partial charge in [-0.2, -0.15) is 5.10 Å². The molecule has 2 aromatic heterocycles. The number of β-lactam (4-membered cyclic amide) rings is 1. The van der Waals surface area contributed by atoms with E-state index in [0.29, 0.717) is 23.6 Å². The van der Waals surface area contributed by atoms with Crippen LogP contribution in [0.5, 0.6) is 0 Å². The lowest BCUT2D eigenvalue weighted by molar-refractivity contribution is -0.148. The second-order valence-corrected chi connectivity index (χ2v) is 10.1. The molecular weight excluding hydrogens is 448 g/mol. The van der Waals surface area contributed by atoms with Gasteiger partial charge in [-0.1, -0.05) is 23.1 Å². The maximum Gasteiger partial charge on any atom is 0.352 e. The Bertz CT molecular complexity index is 1050. The van der Waals surface area contributed by atoms with E-state index in [1.54, 1.807) is 16.9 Å². The molecule has 0 spiro atoms. The van der Waals surface area contributed by atoms with E-state index in [0.717, 1.165) is 9.35 Å². The molecule has 0 saturated carbocycles. The molecule has 0 radical (unpaired) electrons. The highest BCUT2D eigenvalue weighted by Gasteiger charge is 2.54. The zero-order chi connectivity index (χ0) is 21.4. The van der Waals surface area contributed by atoms with Gasteiger partial charge in [0.1, 0.15) is 27.8 Å². The van der Waals surface area contributed by atoms with Crippen LogP contribution in [0.3, 0.4) is 0 Å². The molecule has 4 rings (SSSR count). The van der Waals surface area contributed by atoms with Crippen molar-refractivity contribution in [1.29, 1.82) is 0 Å². The van der Waals surface area contributed by atoms with Gasteiger partial charge >= 0.3 is 5.97 Å². The number of carbonyl (C=O) groups is 3. The first kappa shape index (κ1) is 20.9. The van der Waals surface area contributed by atoms with Crippen molar-refractivity contribution in [3.8, 4) is 0 Å². The molecule has 13 heteroatoms. The van der Waals surface area contributed by atoms with Gasteiger partial charge in [0.2, 0.25) is 0 Å². The lowest BCUT2D eigenvalue weighted by Gasteiger charge is -2.49. The Kier molecular flexibility index (Phi) is 5.84. The maximum atomic E-state index is 12.7. The van der Waals surface area contributed by atoms with Crippen LogP contribution < -0.4 is 5.32 Å². The predicted molar refractivity (Wildman–Crippen MR) is 112 cm³/mol. The highest BCUT2D eigenvalue weighted by Crippen LogP contribution is 2.41. The van der Waals surface area contributed by atoms with Gasteiger partial charge in [0.15, 0.2) is 4.34 Å². The molecule has 2 aromatic rings. The van der Waals surface area contributed by atoms with E-state index in [1.165, 1.54) is 39.8 Å². The van der Waals surface area contributed by atoms with E-state index < -0.39 is 29.2 Å². The van der Waals surface area contributed by atoms with Gasteiger partial charge in [0.05, 0.1) is 0 Å². The molecule has 4 heterocycles. The third-order valence-electron chi connectivity index (χ3n) is 4.61. The van der Waals surface area contributed by atoms with Crippen molar-refractivity contribution in [2.24, 2.45) is 0 Å². The first-order valence-electron chi connectivity index (χ1n) is 9.06. The molecular formula is C17H18N6O4S3. The first-order valence-corrected chi connectivity index (χ1v) is 11.9. The third kappa shape index (κ3) is 3.84. The Balaban J connectivity index is 1.47. The number of amides is 2. The standard InChI is InChI=1S/C17H18N6O4S3/c1-3-22-5-4-10(21-22)13(24)18-11-14(25)23-12(16(26)27)9(6-28-15(11)23)7-29-17-20-19-8(2)30-17/h4-5,11,15H,3,6-7H2,1-2H3,(H,18,24)(H,26,27)/t11-,15+/m0/s1. The van der Waals surface area contributed by atoms with E-state index in [2.05, 4.69) is 20.6 Å². The summed E-state index contributed by atoms with van der Waals surface area (Å²) in [5.74, 6) is -1.16. The zero-order valence-electron chi connectivity index (χ0n) is 16.1. The van der Waals surface area contributed by atoms with Gasteiger partial charge in [-0.15, -0.1) is 22.0 Å². The van der Waals surface area contributed by atoms with Crippen LogP contribution in [0, 0.1) is 6.92 Å². The summed E-state index contributed by atoms with van der Waals surface area (Å²) >= 11 is 4.28. The third-order valence-corrected chi connectivity index (χ3v) is 8.01. The van der Waals surface area contributed by atoms with Crippen LogP contribution in [0.4, 0.5) is 0 Å². The lowest BCUT2D eigenvalue weighted by Crippen LogP contribution is -2.70. The number of aromatic nitrogens is 4. The summed E-state index contributed by atoms with van der Waals surface area (Å²) < 4.78 is 2.37. The Morgan fingerprint density at radius 2 is 2.20 bits per heavy atom. The molecule has 2 N–H and O–H groups in total. The summed E-state index contributed by atoms with van der Waals surface area (Å²) in [5.41, 5.74) is 0.877. The fourth-order valence-corrected chi connectivity index (χ4v) is 6.45. The number of carbonyl (C=O) groups excluding carboxylic acids is 2. The van der Waals surface area contributed by atoms with Crippen LogP contribution in [0.15, 0.2) is 27.9 Å². The number of carboxylic acids is 1. The topological polar surface area (TPSA) is 130 Å². The van der Waals surface area contributed by atoms with Crippen molar-refractivity contribution in [2.45, 2.75) is 36.1 Å². The minimum absolute atomic E-state index is 0.00162. The molecule has 0 bridgehead atoms. The number of nitrogens with one attached hydrogen (secondary N) is 1. The van der Waals surface area contributed by atoms with Gasteiger partial charge in [-0.25, -0.2) is 4.79 Å². The molecule has 2 atom stereocenters. The smallest absolute Gasteiger partial charge is 0.352 e. The summed E-state index contributed by atoms with van der Waals surface area (Å²) in [6.45, 7) is 4.39. The molecule has 1 fully saturated rings. The number of hydrogen-bond donors (Lipinski definition) is 2. The molecule has 0 unspecified atom stereocenters. The quantitative estimate of drug-likeness (QED) is 0.457. The summed E-state index contributed by atoms with van der Waals surface area (Å²) in [6.07, 6.45) is 1.69. The number of aryl methyl sites for hydroxylation is 2. The summed E-state index contributed by atoms with van der Waals surface area (Å²) in [5, 5.41) is 24.9. The van der Waals surface area contributed by atoms with Crippen molar-refractivity contribution in [1.82, 2.24) is 30.2 Å². The Hall–Kier alpha value is -2.38. The van der Waals surface area contributed by atoms with Crippen molar-refractivity contribution in [3.63, 3.8) is 0 Å². The Labute approximate surface area is 184 Å². The van der Waals surface area contributed by atoms with Crippen LogP contribution in [0.1, 0.15) is 22.4 Å². The molecule has 10 nitrogen and oxygen atoms in total. The van der Waals surface area contributed by atoms with E-state index >= 15 is 0 Å². The number of fused-ring (bicyclic) bond motifs is 1. The van der Waals surface area contributed by atoms with Crippen LogP contribution in [-0.4, -0.2) is 70.7 Å². The number of thioether (sulfide) groups is 2. The largest absolute Gasteiger partial charge is 0.477 e. The SMILES string of the molecule is CCn1ccc(C(=O)N[C@H]2C(=O)N3C(C(=O)O)=C(CSc4nnc(C)s4)CS[C@H]23)n1. The van der Waals surface area contributed by atoms with Gasteiger partial charge in [-0.05, 0) is 25.5 Å². The molecule has 2 aliphatic rings. The average molecular weight is 467 g/mol. The molecule has 0 aliphatic carbocycles. The number of aliphatic carboxylic acids is 1. The Morgan fingerprint density at radius 3 is 2.83 bits per heavy atom. The second kappa shape index (κ2) is 8.40. The highest BCUT2D eigenvalue weighted by atomic mass is 32.2. The van der Waals surface area contributed by atoms with Crippen LogP contribution in [0.2, 0.25) is 0 Å². The van der Waals surface area contributed by atoms with Gasteiger partial charge in [0.25, 0.3) is 11.8 Å². The summed E-state index contributed by atoms with van der Waals surface area (Å²) in [4.78, 5) is 38.3. The van der Waals surface area contributed by atoms with Crippen molar-refractivity contribution < 1.29 is 19.5 Å². The van der Waals surface area contributed by atoms with Crippen molar-refractivity contribution >= 4 is 52.6 Å². The number of rotatable bonds is 7. The first-order chi connectivity index (χ1) is 14.4. The summed E-state index contributed by atoms with van der Waals surface area (Å²) in [6, 6.07) is 0.810. The fraction of sp³-hybridized carbons (Fsp3) is 0.412. The zero-order valence-corrected chi connectivity index (χ0v) is 18.5. The van der Waals surface area contributed by atoms with Gasteiger partial charge in [-0.3, -0.25) is 19.2 Å². The minimum Gasteiger partial charge on any atom is -0.477 e. The molecule has 0 aromatic carbocycles. The van der Waals surface area contributed by atoms with Crippen molar-refractivity contribution in [2.75, 3.05) is 11.5 Å². The molecule has 2 amide bonds. The predicted octanol–water partition coefficient (Wildman–Crippen LogP) is 1.21. The number of hydrogen-bond acceptors (Lipinski definition) is 9. The van der Waals surface area contributed by atoms with E-state index in [4.69, 9.17) is 0 Å². The minimum atomic E-state index is -1.15. The van der Waals surface area contributed by atoms with Crippen molar-refractivity contribution in [3.05, 3.63) is 34.2 Å². The fourth-order valence-electron chi connectivity index (χ4n) is 3.15. The normalized spacial score (nSPS) is 20.7. The Morgan fingerprint density at radius 1 is 1.40 bits per heavy atom. The number of nitrogens with zero attached hydrogens (tertiary/aromatic N) is 5. The lowest BCUT2D eigenvalue weighted by atomic mass is 10.0. The van der Waals surface area contributed by atoms with E-state index in [9.17, 15) is 19.5 Å². The second-order valence-electron chi connectivity index (χ2n) is 6.55. The monoisotopic (exact) mass is 466 g/mol. The van der Waals surface area contributed by atoms with Crippen LogP contribution in [-0.2, 0) is 16.1 Å². The molecule has 158 valence electrons. The van der Waals surface area contributed by atoms with E-state index in [-0.39, 0.29) is 11.4 Å². The highest BCUT2D eigenvalue weighted by molar-refractivity contribution is 8.01. The van der Waals surface area contributed by atoms with Gasteiger partial charge in [0, 0.05) is 24.2 Å². The maximum absolute atomic E-state index is 12.7. The molecule has 30 heavy (non-hydrogen) atoms. The average Bonchev–Trinajstić information content (AvgIpc) is 3.38. The van der Waals surface area contributed by atoms with Crippen LogP contribution >= 0.6 is 34.9 Å². The van der Waals surface area contributed by atoms with Crippen LogP contribution in [0.25, 0.3) is 0 Å². The molecule has 2 aliphatic heterocycles. The molecule has 1 saturated heterocycles. The van der Waals surface area contributed by atoms with E-state index in [1.807, 2.05) is 13.8 Å². The summed E-state index contributed by atoms with van der Waals surface area (Å²) in [7, 11) is 0. The number of carboxylic acid groups (broad SMARTS) is 1. The van der Waals surface area contributed by atoms with Gasteiger partial charge < -0.3 is 10.4 Å².